The fourth-order valence-corrected chi connectivity index (χ4v) is 4.25. The van der Waals surface area contributed by atoms with E-state index in [1.165, 1.54) is 58.5 Å². The number of allylic oxidation sites excluding steroid dienone is 2. The second-order valence-electron chi connectivity index (χ2n) is 7.53. The fourth-order valence-electron chi connectivity index (χ4n) is 3.33. The minimum atomic E-state index is -0.106. The van der Waals surface area contributed by atoms with Crippen molar-refractivity contribution in [2.24, 2.45) is 0 Å². The van der Waals surface area contributed by atoms with Gasteiger partial charge < -0.3 is 14.2 Å². The molecule has 1 heterocycles. The lowest BCUT2D eigenvalue weighted by Gasteiger charge is -2.27. The molecule has 1 aliphatic rings. The summed E-state index contributed by atoms with van der Waals surface area (Å²) in [6.45, 7) is 3.10. The predicted octanol–water partition coefficient (Wildman–Crippen LogP) is 6.28. The van der Waals surface area contributed by atoms with E-state index in [9.17, 15) is 4.79 Å². The Kier molecular flexibility index (Phi) is 16.9. The normalized spacial score (nSPS) is 18.4. The molecule has 5 heteroatoms. The van der Waals surface area contributed by atoms with E-state index >= 15 is 0 Å². The largest absolute Gasteiger partial charge is 0.469 e. The summed E-state index contributed by atoms with van der Waals surface area (Å²) in [5.74, 6) is 1.90. The second kappa shape index (κ2) is 18.5. The molecule has 1 aliphatic heterocycles. The molecule has 0 bridgehead atoms. The van der Waals surface area contributed by atoms with E-state index in [-0.39, 0.29) is 12.3 Å². The molecule has 0 aliphatic carbocycles. The average Bonchev–Trinajstić information content (AvgIpc) is 2.72. The van der Waals surface area contributed by atoms with E-state index in [0.717, 1.165) is 43.8 Å². The van der Waals surface area contributed by atoms with Gasteiger partial charge in [-0.2, -0.15) is 11.8 Å². The quantitative estimate of drug-likeness (QED) is 0.159. The van der Waals surface area contributed by atoms with Crippen molar-refractivity contribution in [3.05, 3.63) is 12.2 Å². The van der Waals surface area contributed by atoms with Gasteiger partial charge in [0.05, 0.1) is 19.6 Å². The predicted molar refractivity (Wildman–Crippen MR) is 119 cm³/mol. The van der Waals surface area contributed by atoms with Gasteiger partial charge in [-0.3, -0.25) is 4.79 Å². The molecule has 0 saturated carbocycles. The number of unbranched alkanes of at least 4 members (excludes halogenated alkanes) is 4. The van der Waals surface area contributed by atoms with Crippen LogP contribution in [0.5, 0.6) is 0 Å². The summed E-state index contributed by atoms with van der Waals surface area (Å²) < 4.78 is 16.5. The molecule has 2 unspecified atom stereocenters. The highest BCUT2D eigenvalue weighted by atomic mass is 32.2. The Balaban J connectivity index is 1.93. The van der Waals surface area contributed by atoms with Crippen LogP contribution in [-0.2, 0) is 19.0 Å². The molecule has 0 radical (unpaired) electrons. The van der Waals surface area contributed by atoms with Gasteiger partial charge >= 0.3 is 5.97 Å². The number of methoxy groups -OCH3 is 1. The summed E-state index contributed by atoms with van der Waals surface area (Å²) in [4.78, 5) is 11.0. The maximum atomic E-state index is 11.0. The van der Waals surface area contributed by atoms with Gasteiger partial charge in [0, 0.05) is 12.4 Å². The van der Waals surface area contributed by atoms with Crippen molar-refractivity contribution in [3.63, 3.8) is 0 Å². The van der Waals surface area contributed by atoms with Gasteiger partial charge in [-0.1, -0.05) is 31.9 Å². The van der Waals surface area contributed by atoms with Crippen LogP contribution in [-0.4, -0.2) is 43.6 Å². The lowest BCUT2D eigenvalue weighted by molar-refractivity contribution is -0.190. The maximum Gasteiger partial charge on any atom is 0.306 e. The highest BCUT2D eigenvalue weighted by Crippen LogP contribution is 2.20. The summed E-state index contributed by atoms with van der Waals surface area (Å²) in [5, 5.41) is 0. The highest BCUT2D eigenvalue weighted by molar-refractivity contribution is 7.99. The summed E-state index contributed by atoms with van der Waals surface area (Å²) in [7, 11) is 1.45. The third kappa shape index (κ3) is 14.5. The van der Waals surface area contributed by atoms with E-state index in [4.69, 9.17) is 9.47 Å². The molecular formula is C23H42O4S. The number of esters is 1. The summed E-state index contributed by atoms with van der Waals surface area (Å²) in [6, 6.07) is 0. The standard InChI is InChI=1S/C23H42O4S/c1-3-14-21(27-23-16-11-12-18-26-23)15-10-8-6-4-5-7-9-13-19-28-20-17-22(24)25-2/h4-5,21,23H,3,6-20H2,1-2H3/b5-4-. The van der Waals surface area contributed by atoms with E-state index in [2.05, 4.69) is 23.8 Å². The Morgan fingerprint density at radius 1 is 1.11 bits per heavy atom. The SMILES string of the molecule is CCCC(CCCC/C=C\CCCCSCCC(=O)OC)OC1CCCCO1. The lowest BCUT2D eigenvalue weighted by atomic mass is 10.1. The van der Waals surface area contributed by atoms with Crippen molar-refractivity contribution < 1.29 is 19.0 Å². The Morgan fingerprint density at radius 3 is 2.57 bits per heavy atom. The number of carbonyl (C=O) groups excluding carboxylic acids is 1. The molecule has 1 saturated heterocycles. The first kappa shape index (κ1) is 25.5. The highest BCUT2D eigenvalue weighted by Gasteiger charge is 2.18. The van der Waals surface area contributed by atoms with Gasteiger partial charge in [-0.25, -0.2) is 0 Å². The molecular weight excluding hydrogens is 372 g/mol. The molecule has 1 rings (SSSR count). The zero-order valence-corrected chi connectivity index (χ0v) is 19.0. The first-order valence-corrected chi connectivity index (χ1v) is 12.5. The van der Waals surface area contributed by atoms with Crippen molar-refractivity contribution in [3.8, 4) is 0 Å². The first-order chi connectivity index (χ1) is 13.8. The summed E-state index contributed by atoms with van der Waals surface area (Å²) in [5.41, 5.74) is 0. The van der Waals surface area contributed by atoms with Crippen molar-refractivity contribution in [2.75, 3.05) is 25.2 Å². The molecule has 0 aromatic heterocycles. The Labute approximate surface area is 177 Å². The third-order valence-corrected chi connectivity index (χ3v) is 6.06. The summed E-state index contributed by atoms with van der Waals surface area (Å²) in [6.07, 6.45) is 19.8. The minimum absolute atomic E-state index is 0.0452. The van der Waals surface area contributed by atoms with Crippen LogP contribution in [0.15, 0.2) is 12.2 Å². The fraction of sp³-hybridized carbons (Fsp3) is 0.870. The van der Waals surface area contributed by atoms with Crippen molar-refractivity contribution in [2.45, 2.75) is 103 Å². The van der Waals surface area contributed by atoms with Gasteiger partial charge in [-0.15, -0.1) is 0 Å². The molecule has 0 amide bonds. The molecule has 0 aromatic rings. The first-order valence-electron chi connectivity index (χ1n) is 11.3. The number of thioether (sulfide) groups is 1. The van der Waals surface area contributed by atoms with Crippen molar-refractivity contribution in [1.82, 2.24) is 0 Å². The molecule has 0 N–H and O–H groups in total. The number of ether oxygens (including phenoxy) is 3. The van der Waals surface area contributed by atoms with Crippen molar-refractivity contribution >= 4 is 17.7 Å². The zero-order chi connectivity index (χ0) is 20.3. The lowest BCUT2D eigenvalue weighted by Crippen LogP contribution is -2.28. The molecule has 2 atom stereocenters. The van der Waals surface area contributed by atoms with Crippen LogP contribution in [0.4, 0.5) is 0 Å². The van der Waals surface area contributed by atoms with E-state index in [1.54, 1.807) is 0 Å². The second-order valence-corrected chi connectivity index (χ2v) is 8.76. The van der Waals surface area contributed by atoms with Crippen LogP contribution in [0.2, 0.25) is 0 Å². The van der Waals surface area contributed by atoms with Crippen LogP contribution >= 0.6 is 11.8 Å². The minimum Gasteiger partial charge on any atom is -0.469 e. The molecule has 1 fully saturated rings. The van der Waals surface area contributed by atoms with E-state index < -0.39 is 0 Å². The smallest absolute Gasteiger partial charge is 0.306 e. The van der Waals surface area contributed by atoms with Crippen LogP contribution in [0.25, 0.3) is 0 Å². The van der Waals surface area contributed by atoms with Gasteiger partial charge in [0.25, 0.3) is 0 Å². The van der Waals surface area contributed by atoms with Crippen molar-refractivity contribution in [1.29, 1.82) is 0 Å². The van der Waals surface area contributed by atoms with Crippen LogP contribution < -0.4 is 0 Å². The van der Waals surface area contributed by atoms with Gasteiger partial charge in [-0.05, 0) is 70.0 Å². The van der Waals surface area contributed by atoms with E-state index in [0.29, 0.717) is 12.5 Å². The molecule has 0 aromatic carbocycles. The van der Waals surface area contributed by atoms with Crippen LogP contribution in [0.1, 0.15) is 90.4 Å². The summed E-state index contributed by atoms with van der Waals surface area (Å²) >= 11 is 1.85. The molecule has 28 heavy (non-hydrogen) atoms. The van der Waals surface area contributed by atoms with Gasteiger partial charge in [0.1, 0.15) is 0 Å². The van der Waals surface area contributed by atoms with Gasteiger partial charge in [0.15, 0.2) is 6.29 Å². The number of rotatable bonds is 17. The average molecular weight is 415 g/mol. The van der Waals surface area contributed by atoms with Crippen LogP contribution in [0, 0.1) is 0 Å². The van der Waals surface area contributed by atoms with E-state index in [1.807, 2.05) is 11.8 Å². The molecule has 4 nitrogen and oxygen atoms in total. The Hall–Kier alpha value is -0.520. The maximum absolute atomic E-state index is 11.0. The number of hydrogen-bond acceptors (Lipinski definition) is 5. The van der Waals surface area contributed by atoms with Gasteiger partial charge in [0.2, 0.25) is 0 Å². The Morgan fingerprint density at radius 2 is 1.89 bits per heavy atom. The third-order valence-electron chi connectivity index (χ3n) is 4.99. The number of hydrogen-bond donors (Lipinski definition) is 0. The topological polar surface area (TPSA) is 44.8 Å². The molecule has 0 spiro atoms. The monoisotopic (exact) mass is 414 g/mol. The molecule has 164 valence electrons. The number of carbonyl (C=O) groups is 1. The van der Waals surface area contributed by atoms with Crippen LogP contribution in [0.3, 0.4) is 0 Å². The zero-order valence-electron chi connectivity index (χ0n) is 18.2. The Bertz CT molecular complexity index is 394.